The van der Waals surface area contributed by atoms with Crippen molar-refractivity contribution in [1.82, 2.24) is 14.9 Å². The standard InChI is InChI=1S/C33H42N4O4/c1-23-8-6-7-11-30(23)33(41-19-25-9-4-3-5-10-25)20-37(21-33)32(39)29(16-24-12-14-27(40-2)15-13-24)28(31(34)38)17-26-18-35-22-36-26/h6-8,11-15,18,22,25,28-29H,3-5,9-10,16-17,19-21H2,1-2H3,(H2,34,38)(H,35,36)/t28?,29-/m1/s1. The van der Waals surface area contributed by atoms with Crippen molar-refractivity contribution in [2.24, 2.45) is 23.5 Å². The fraction of sp³-hybridized carbons (Fsp3) is 0.485. The van der Waals surface area contributed by atoms with Crippen LogP contribution in [0, 0.1) is 24.7 Å². The van der Waals surface area contributed by atoms with Gasteiger partial charge in [0.05, 0.1) is 45.0 Å². The molecule has 1 aliphatic carbocycles. The second kappa shape index (κ2) is 12.9. The number of benzene rings is 2. The van der Waals surface area contributed by atoms with Gasteiger partial charge in [0.15, 0.2) is 0 Å². The van der Waals surface area contributed by atoms with E-state index >= 15 is 0 Å². The normalized spacial score (nSPS) is 18.3. The molecule has 3 N–H and O–H groups in total. The van der Waals surface area contributed by atoms with Crippen LogP contribution >= 0.6 is 0 Å². The van der Waals surface area contributed by atoms with Crippen LogP contribution in [0.15, 0.2) is 61.1 Å². The molecule has 2 aliphatic rings. The molecule has 2 heterocycles. The zero-order valence-electron chi connectivity index (χ0n) is 24.2. The topological polar surface area (TPSA) is 111 Å². The van der Waals surface area contributed by atoms with Crippen molar-refractivity contribution >= 4 is 11.8 Å². The molecule has 0 bridgehead atoms. The largest absolute Gasteiger partial charge is 0.497 e. The maximum absolute atomic E-state index is 14.2. The molecule has 1 aliphatic heterocycles. The fourth-order valence-electron chi connectivity index (χ4n) is 6.51. The molecule has 1 saturated carbocycles. The third-order valence-corrected chi connectivity index (χ3v) is 8.94. The number of carbonyl (C=O) groups is 2. The number of aromatic amines is 1. The smallest absolute Gasteiger partial charge is 0.227 e. The summed E-state index contributed by atoms with van der Waals surface area (Å²) in [6.07, 6.45) is 10.2. The van der Waals surface area contributed by atoms with Gasteiger partial charge in [0.25, 0.3) is 0 Å². The Morgan fingerprint density at radius 2 is 1.78 bits per heavy atom. The average molecular weight is 559 g/mol. The molecule has 1 aromatic heterocycles. The number of amides is 2. The molecule has 3 aromatic rings. The highest BCUT2D eigenvalue weighted by molar-refractivity contribution is 5.88. The summed E-state index contributed by atoms with van der Waals surface area (Å²) in [5.41, 5.74) is 9.42. The van der Waals surface area contributed by atoms with Gasteiger partial charge < -0.3 is 25.1 Å². The van der Waals surface area contributed by atoms with E-state index in [9.17, 15) is 9.59 Å². The SMILES string of the molecule is COc1ccc(C[C@@H](C(=O)N2CC(OCC3CCCCC3)(c3ccccc3C)C2)C(Cc2cnc[nH]2)C(N)=O)cc1. The van der Waals surface area contributed by atoms with E-state index in [1.54, 1.807) is 19.6 Å². The van der Waals surface area contributed by atoms with Gasteiger partial charge in [0.1, 0.15) is 11.4 Å². The Morgan fingerprint density at radius 3 is 2.41 bits per heavy atom. The lowest BCUT2D eigenvalue weighted by atomic mass is 9.78. The predicted molar refractivity (Wildman–Crippen MR) is 157 cm³/mol. The molecule has 2 aromatic carbocycles. The van der Waals surface area contributed by atoms with E-state index in [1.807, 2.05) is 41.3 Å². The number of hydrogen-bond acceptors (Lipinski definition) is 5. The summed E-state index contributed by atoms with van der Waals surface area (Å²) >= 11 is 0. The van der Waals surface area contributed by atoms with Crippen molar-refractivity contribution in [3.05, 3.63) is 83.4 Å². The molecule has 2 amide bonds. The number of nitrogens with two attached hydrogens (primary N) is 1. The van der Waals surface area contributed by atoms with E-state index in [1.165, 1.54) is 32.1 Å². The molecule has 1 saturated heterocycles. The molecule has 2 atom stereocenters. The molecule has 0 spiro atoms. The molecule has 8 nitrogen and oxygen atoms in total. The van der Waals surface area contributed by atoms with Crippen molar-refractivity contribution in [3.63, 3.8) is 0 Å². The number of aromatic nitrogens is 2. The number of likely N-dealkylation sites (tertiary alicyclic amines) is 1. The monoisotopic (exact) mass is 558 g/mol. The summed E-state index contributed by atoms with van der Waals surface area (Å²) in [6.45, 7) is 3.72. The van der Waals surface area contributed by atoms with Crippen molar-refractivity contribution in [2.75, 3.05) is 26.8 Å². The Kier molecular flexibility index (Phi) is 9.08. The second-order valence-electron chi connectivity index (χ2n) is 11.8. The van der Waals surface area contributed by atoms with E-state index in [0.717, 1.165) is 28.1 Å². The van der Waals surface area contributed by atoms with Crippen LogP contribution in [-0.2, 0) is 32.8 Å². The molecule has 2 fully saturated rings. The van der Waals surface area contributed by atoms with Crippen LogP contribution < -0.4 is 10.5 Å². The summed E-state index contributed by atoms with van der Waals surface area (Å²) in [5, 5.41) is 0. The summed E-state index contributed by atoms with van der Waals surface area (Å²) in [7, 11) is 1.62. The maximum atomic E-state index is 14.2. The number of H-pyrrole nitrogens is 1. The van der Waals surface area contributed by atoms with Gasteiger partial charge in [-0.3, -0.25) is 9.59 Å². The number of aryl methyl sites for hydroxylation is 1. The van der Waals surface area contributed by atoms with Gasteiger partial charge in [-0.15, -0.1) is 0 Å². The molecule has 0 radical (unpaired) electrons. The first-order valence-corrected chi connectivity index (χ1v) is 14.8. The summed E-state index contributed by atoms with van der Waals surface area (Å²) in [4.78, 5) is 36.1. The van der Waals surface area contributed by atoms with E-state index in [4.69, 9.17) is 15.2 Å². The van der Waals surface area contributed by atoms with E-state index in [2.05, 4.69) is 29.0 Å². The first-order valence-electron chi connectivity index (χ1n) is 14.8. The number of nitrogens with zero attached hydrogens (tertiary/aromatic N) is 2. The Balaban J connectivity index is 1.39. The number of nitrogens with one attached hydrogen (secondary N) is 1. The van der Waals surface area contributed by atoms with Gasteiger partial charge >= 0.3 is 0 Å². The molecule has 1 unspecified atom stereocenters. The first kappa shape index (κ1) is 28.9. The number of methoxy groups -OCH3 is 1. The van der Waals surface area contributed by atoms with Gasteiger partial charge in [0, 0.05) is 18.3 Å². The van der Waals surface area contributed by atoms with Crippen LogP contribution in [-0.4, -0.2) is 53.5 Å². The minimum Gasteiger partial charge on any atom is -0.497 e. The zero-order chi connectivity index (χ0) is 28.8. The number of ether oxygens (including phenoxy) is 2. The Hall–Kier alpha value is -3.65. The summed E-state index contributed by atoms with van der Waals surface area (Å²) < 4.78 is 12.1. The summed E-state index contributed by atoms with van der Waals surface area (Å²) in [5.74, 6) is -0.591. The van der Waals surface area contributed by atoms with Gasteiger partial charge in [0.2, 0.25) is 11.8 Å². The van der Waals surface area contributed by atoms with Gasteiger partial charge in [-0.1, -0.05) is 55.7 Å². The van der Waals surface area contributed by atoms with Crippen molar-refractivity contribution in [1.29, 1.82) is 0 Å². The van der Waals surface area contributed by atoms with Crippen LogP contribution in [0.1, 0.15) is 54.5 Å². The first-order chi connectivity index (χ1) is 19.9. The highest BCUT2D eigenvalue weighted by Gasteiger charge is 2.51. The van der Waals surface area contributed by atoms with Crippen molar-refractivity contribution in [2.45, 2.75) is 57.5 Å². The van der Waals surface area contributed by atoms with E-state index < -0.39 is 23.3 Å². The van der Waals surface area contributed by atoms with Crippen LogP contribution in [0.4, 0.5) is 0 Å². The minimum absolute atomic E-state index is 0.0744. The lowest BCUT2D eigenvalue weighted by molar-refractivity contribution is -0.182. The van der Waals surface area contributed by atoms with Crippen LogP contribution in [0.2, 0.25) is 0 Å². The summed E-state index contributed by atoms with van der Waals surface area (Å²) in [6, 6.07) is 15.9. The van der Waals surface area contributed by atoms with E-state index in [-0.39, 0.29) is 5.91 Å². The van der Waals surface area contributed by atoms with Gasteiger partial charge in [-0.25, -0.2) is 4.98 Å². The number of imidazole rings is 1. The Bertz CT molecular complexity index is 1300. The molecular formula is C33H42N4O4. The van der Waals surface area contributed by atoms with Gasteiger partial charge in [-0.2, -0.15) is 0 Å². The lowest BCUT2D eigenvalue weighted by Gasteiger charge is -2.52. The maximum Gasteiger partial charge on any atom is 0.227 e. The molecule has 5 rings (SSSR count). The molecule has 8 heteroatoms. The van der Waals surface area contributed by atoms with Crippen LogP contribution in [0.3, 0.4) is 0 Å². The highest BCUT2D eigenvalue weighted by Crippen LogP contribution is 2.41. The van der Waals surface area contributed by atoms with Gasteiger partial charge in [-0.05, 0) is 60.9 Å². The van der Waals surface area contributed by atoms with Crippen LogP contribution in [0.25, 0.3) is 0 Å². The van der Waals surface area contributed by atoms with Crippen molar-refractivity contribution in [3.8, 4) is 5.75 Å². The quantitative estimate of drug-likeness (QED) is 0.339. The average Bonchev–Trinajstić information content (AvgIpc) is 3.49. The van der Waals surface area contributed by atoms with E-state index in [0.29, 0.717) is 38.5 Å². The number of hydrogen-bond donors (Lipinski definition) is 2. The fourth-order valence-corrected chi connectivity index (χ4v) is 6.51. The third kappa shape index (κ3) is 6.64. The van der Waals surface area contributed by atoms with Crippen LogP contribution in [0.5, 0.6) is 5.75 Å². The minimum atomic E-state index is -0.693. The molecule has 41 heavy (non-hydrogen) atoms. The van der Waals surface area contributed by atoms with Crippen molar-refractivity contribution < 1.29 is 19.1 Å². The Morgan fingerprint density at radius 1 is 1.05 bits per heavy atom. The highest BCUT2D eigenvalue weighted by atomic mass is 16.5. The number of carbonyl (C=O) groups excluding carboxylic acids is 2. The third-order valence-electron chi connectivity index (χ3n) is 8.94. The lowest BCUT2D eigenvalue weighted by Crippen LogP contribution is -2.65. The molecule has 218 valence electrons. The Labute approximate surface area is 242 Å². The second-order valence-corrected chi connectivity index (χ2v) is 11.8. The molecular weight excluding hydrogens is 516 g/mol. The number of rotatable bonds is 12. The number of primary amides is 1. The predicted octanol–water partition coefficient (Wildman–Crippen LogP) is 4.56. The zero-order valence-corrected chi connectivity index (χ0v) is 24.2.